The fourth-order valence-corrected chi connectivity index (χ4v) is 3.89. The number of thiophene rings is 1. The van der Waals surface area contributed by atoms with Crippen LogP contribution in [0.4, 0.5) is 0 Å². The molecule has 0 fully saturated rings. The van der Waals surface area contributed by atoms with Crippen LogP contribution in [0.1, 0.15) is 40.8 Å². The monoisotopic (exact) mass is 290 g/mol. The highest BCUT2D eigenvalue weighted by Crippen LogP contribution is 2.47. The predicted molar refractivity (Wildman–Crippen MR) is 74.0 cm³/mol. The molecule has 0 amide bonds. The molecular formula is C15H14O4S. The molecule has 0 saturated heterocycles. The largest absolute Gasteiger partial charge is 0.468 e. The Bertz CT molecular complexity index is 666. The molecule has 3 rings (SSSR count). The van der Waals surface area contributed by atoms with Gasteiger partial charge in [-0.25, -0.2) is 0 Å². The molecule has 0 saturated carbocycles. The number of aliphatic hydroxyl groups is 1. The first-order valence-corrected chi connectivity index (χ1v) is 7.21. The van der Waals surface area contributed by atoms with Gasteiger partial charge in [0.05, 0.1) is 23.7 Å². The summed E-state index contributed by atoms with van der Waals surface area (Å²) >= 11 is 1.48. The van der Waals surface area contributed by atoms with Crippen molar-refractivity contribution in [3.63, 3.8) is 0 Å². The second-order valence-corrected chi connectivity index (χ2v) is 6.24. The lowest BCUT2D eigenvalue weighted by Gasteiger charge is -2.38. The minimum absolute atomic E-state index is 0.219. The van der Waals surface area contributed by atoms with E-state index in [2.05, 4.69) is 0 Å². The molecule has 1 aliphatic rings. The van der Waals surface area contributed by atoms with Gasteiger partial charge in [-0.3, -0.25) is 9.59 Å². The molecule has 0 aromatic carbocycles. The van der Waals surface area contributed by atoms with Gasteiger partial charge in [-0.15, -0.1) is 11.3 Å². The zero-order valence-corrected chi connectivity index (χ0v) is 11.9. The highest BCUT2D eigenvalue weighted by molar-refractivity contribution is 7.10. The molecule has 0 bridgehead atoms. The molecule has 5 heteroatoms. The normalized spacial score (nSPS) is 29.2. The fourth-order valence-electron chi connectivity index (χ4n) is 3.03. The average molecular weight is 290 g/mol. The molecule has 2 aromatic rings. The van der Waals surface area contributed by atoms with Gasteiger partial charge in [-0.2, -0.15) is 0 Å². The first kappa shape index (κ1) is 13.3. The van der Waals surface area contributed by atoms with Crippen LogP contribution >= 0.6 is 11.3 Å². The summed E-state index contributed by atoms with van der Waals surface area (Å²) in [6, 6.07) is 5.33. The quantitative estimate of drug-likeness (QED) is 0.923. The summed E-state index contributed by atoms with van der Waals surface area (Å²) in [6.45, 7) is 2.82. The number of rotatable bonds is 2. The molecule has 104 valence electrons. The number of hydrogen-bond donors (Lipinski definition) is 1. The van der Waals surface area contributed by atoms with E-state index in [0.29, 0.717) is 11.3 Å². The lowest BCUT2D eigenvalue weighted by Crippen LogP contribution is -2.52. The van der Waals surface area contributed by atoms with Gasteiger partial charge in [0, 0.05) is 4.88 Å². The Morgan fingerprint density at radius 3 is 2.80 bits per heavy atom. The molecule has 4 nitrogen and oxygen atoms in total. The van der Waals surface area contributed by atoms with Crippen molar-refractivity contribution in [2.75, 3.05) is 0 Å². The van der Waals surface area contributed by atoms with Crippen LogP contribution in [0.15, 0.2) is 34.3 Å². The highest BCUT2D eigenvalue weighted by atomic mass is 32.1. The third-order valence-corrected chi connectivity index (χ3v) is 4.86. The Morgan fingerprint density at radius 1 is 1.45 bits per heavy atom. The van der Waals surface area contributed by atoms with E-state index >= 15 is 0 Å². The van der Waals surface area contributed by atoms with Crippen LogP contribution in [-0.4, -0.2) is 22.3 Å². The van der Waals surface area contributed by atoms with Crippen LogP contribution in [0.2, 0.25) is 0 Å². The van der Waals surface area contributed by atoms with Gasteiger partial charge >= 0.3 is 0 Å². The minimum atomic E-state index is -1.71. The van der Waals surface area contributed by atoms with Gasteiger partial charge < -0.3 is 9.52 Å². The number of carbonyl (C=O) groups excluding carboxylic acids is 2. The molecule has 1 aliphatic carbocycles. The van der Waals surface area contributed by atoms with Crippen LogP contribution in [0.25, 0.3) is 0 Å². The van der Waals surface area contributed by atoms with Crippen molar-refractivity contribution in [1.29, 1.82) is 0 Å². The fraction of sp³-hybridized carbons (Fsp3) is 0.333. The zero-order chi connectivity index (χ0) is 14.5. The maximum absolute atomic E-state index is 12.4. The number of fused-ring (bicyclic) bond motifs is 1. The van der Waals surface area contributed by atoms with Crippen molar-refractivity contribution in [3.8, 4) is 0 Å². The van der Waals surface area contributed by atoms with Gasteiger partial charge in [0.25, 0.3) is 0 Å². The third kappa shape index (κ3) is 1.70. The molecule has 3 atom stereocenters. The Morgan fingerprint density at radius 2 is 2.20 bits per heavy atom. The summed E-state index contributed by atoms with van der Waals surface area (Å²) in [7, 11) is 0. The van der Waals surface area contributed by atoms with Crippen LogP contribution in [-0.2, 0) is 4.79 Å². The second kappa shape index (κ2) is 4.40. The topological polar surface area (TPSA) is 67.5 Å². The van der Waals surface area contributed by atoms with E-state index < -0.39 is 23.2 Å². The summed E-state index contributed by atoms with van der Waals surface area (Å²) in [5.74, 6) is -1.43. The van der Waals surface area contributed by atoms with E-state index in [1.807, 2.05) is 17.5 Å². The van der Waals surface area contributed by atoms with E-state index in [9.17, 15) is 14.7 Å². The Balaban J connectivity index is 2.26. The lowest BCUT2D eigenvalue weighted by atomic mass is 9.67. The summed E-state index contributed by atoms with van der Waals surface area (Å²) in [5, 5.41) is 12.5. The number of hydrogen-bond acceptors (Lipinski definition) is 5. The molecule has 2 heterocycles. The highest BCUT2D eigenvalue weighted by Gasteiger charge is 2.54. The van der Waals surface area contributed by atoms with Crippen LogP contribution < -0.4 is 0 Å². The molecule has 0 radical (unpaired) electrons. The molecule has 20 heavy (non-hydrogen) atoms. The first-order valence-electron chi connectivity index (χ1n) is 6.33. The molecule has 0 aliphatic heterocycles. The van der Waals surface area contributed by atoms with Gasteiger partial charge in [0.15, 0.2) is 5.78 Å². The number of furan rings is 1. The summed E-state index contributed by atoms with van der Waals surface area (Å²) in [5.41, 5.74) is -1.34. The summed E-state index contributed by atoms with van der Waals surface area (Å²) in [4.78, 5) is 25.3. The SMILES string of the molecule is CC(=O)[C@H]1[C@H](c2cccs2)c2occc2C(=O)[C@]1(C)O. The third-order valence-electron chi connectivity index (χ3n) is 3.91. The maximum Gasteiger partial charge on any atom is 0.198 e. The van der Waals surface area contributed by atoms with Gasteiger partial charge in [-0.05, 0) is 31.4 Å². The average Bonchev–Trinajstić information content (AvgIpc) is 3.03. The summed E-state index contributed by atoms with van der Waals surface area (Å²) < 4.78 is 5.46. The zero-order valence-electron chi connectivity index (χ0n) is 11.1. The van der Waals surface area contributed by atoms with E-state index in [4.69, 9.17) is 4.42 Å². The van der Waals surface area contributed by atoms with E-state index in [1.54, 1.807) is 6.07 Å². The van der Waals surface area contributed by atoms with Crippen molar-refractivity contribution in [1.82, 2.24) is 0 Å². The van der Waals surface area contributed by atoms with E-state index in [-0.39, 0.29) is 5.78 Å². The van der Waals surface area contributed by atoms with Crippen LogP contribution in [0.5, 0.6) is 0 Å². The smallest absolute Gasteiger partial charge is 0.198 e. The van der Waals surface area contributed by atoms with Gasteiger partial charge in [0.1, 0.15) is 17.1 Å². The van der Waals surface area contributed by atoms with Crippen molar-refractivity contribution in [2.45, 2.75) is 25.4 Å². The molecular weight excluding hydrogens is 276 g/mol. The van der Waals surface area contributed by atoms with Crippen molar-refractivity contribution < 1.29 is 19.1 Å². The summed E-state index contributed by atoms with van der Waals surface area (Å²) in [6.07, 6.45) is 1.43. The second-order valence-electron chi connectivity index (χ2n) is 5.26. The van der Waals surface area contributed by atoms with Gasteiger partial charge in [-0.1, -0.05) is 6.07 Å². The number of Topliss-reactive ketones (excluding diaryl/α,β-unsaturated/α-hetero) is 2. The lowest BCUT2D eigenvalue weighted by molar-refractivity contribution is -0.128. The molecule has 1 N–H and O–H groups in total. The minimum Gasteiger partial charge on any atom is -0.468 e. The number of carbonyl (C=O) groups is 2. The Kier molecular flexibility index (Phi) is 2.92. The number of ketones is 2. The maximum atomic E-state index is 12.4. The van der Waals surface area contributed by atoms with Crippen molar-refractivity contribution in [2.24, 2.45) is 5.92 Å². The standard InChI is InChI=1S/C15H14O4S/c1-8(16)12-11(10-4-3-7-20-10)13-9(5-6-19-13)14(17)15(12,2)18/h3-7,11-12,18H,1-2H3/t11-,12-,15+/m0/s1. The molecule has 0 unspecified atom stereocenters. The van der Waals surface area contributed by atoms with Crippen molar-refractivity contribution >= 4 is 22.9 Å². The van der Waals surface area contributed by atoms with E-state index in [1.165, 1.54) is 31.4 Å². The van der Waals surface area contributed by atoms with Crippen LogP contribution in [0.3, 0.4) is 0 Å². The predicted octanol–water partition coefficient (Wildman–Crippen LogP) is 2.63. The van der Waals surface area contributed by atoms with E-state index in [0.717, 1.165) is 4.88 Å². The Hall–Kier alpha value is -1.72. The van der Waals surface area contributed by atoms with Gasteiger partial charge in [0.2, 0.25) is 0 Å². The molecule has 0 spiro atoms. The Labute approximate surface area is 120 Å². The van der Waals surface area contributed by atoms with Crippen LogP contribution in [0, 0.1) is 5.92 Å². The molecule has 2 aromatic heterocycles. The first-order chi connectivity index (χ1) is 9.44. The van der Waals surface area contributed by atoms with Crippen molar-refractivity contribution in [3.05, 3.63) is 46.0 Å².